The molecule has 0 atom stereocenters. The second kappa shape index (κ2) is 5.95. The van der Waals surface area contributed by atoms with E-state index in [4.69, 9.17) is 15.8 Å². The molecule has 2 aromatic rings. The van der Waals surface area contributed by atoms with E-state index in [1.165, 1.54) is 0 Å². The summed E-state index contributed by atoms with van der Waals surface area (Å²) in [5.41, 5.74) is 2.76. The summed E-state index contributed by atoms with van der Waals surface area (Å²) >= 11 is 5.87. The Balaban J connectivity index is 2.52. The average molecular weight is 311 g/mol. The van der Waals surface area contributed by atoms with Crippen LogP contribution in [0.1, 0.15) is 12.5 Å². The standard InChI is InChI=1S/C15H15ClO3S/c1-3-19-20(17,18)14-9-4-11(2)15(10-14)12-5-7-13(16)8-6-12/h4-10H,3H2,1-2H3. The first kappa shape index (κ1) is 15.0. The van der Waals surface area contributed by atoms with Crippen LogP contribution >= 0.6 is 11.6 Å². The van der Waals surface area contributed by atoms with Crippen molar-refractivity contribution in [2.75, 3.05) is 6.61 Å². The molecule has 0 heterocycles. The van der Waals surface area contributed by atoms with E-state index in [1.54, 1.807) is 37.3 Å². The number of halogens is 1. The summed E-state index contributed by atoms with van der Waals surface area (Å²) in [5, 5.41) is 0.643. The summed E-state index contributed by atoms with van der Waals surface area (Å²) in [6.07, 6.45) is 0. The summed E-state index contributed by atoms with van der Waals surface area (Å²) in [7, 11) is -3.69. The summed E-state index contributed by atoms with van der Waals surface area (Å²) in [6.45, 7) is 3.69. The average Bonchev–Trinajstić information content (AvgIpc) is 2.40. The molecule has 0 unspecified atom stereocenters. The molecule has 2 aromatic carbocycles. The van der Waals surface area contributed by atoms with E-state index in [0.29, 0.717) is 5.02 Å². The van der Waals surface area contributed by atoms with Crippen molar-refractivity contribution in [2.24, 2.45) is 0 Å². The third kappa shape index (κ3) is 3.20. The van der Waals surface area contributed by atoms with Crippen LogP contribution < -0.4 is 0 Å². The highest BCUT2D eigenvalue weighted by Gasteiger charge is 2.16. The molecule has 0 spiro atoms. The van der Waals surface area contributed by atoms with Gasteiger partial charge in [0.1, 0.15) is 0 Å². The molecule has 5 heteroatoms. The Morgan fingerprint density at radius 2 is 1.75 bits per heavy atom. The summed E-state index contributed by atoms with van der Waals surface area (Å²) in [5.74, 6) is 0. The van der Waals surface area contributed by atoms with E-state index >= 15 is 0 Å². The number of hydrogen-bond donors (Lipinski definition) is 0. The third-order valence-electron chi connectivity index (χ3n) is 2.93. The highest BCUT2D eigenvalue weighted by atomic mass is 35.5. The van der Waals surface area contributed by atoms with Gasteiger partial charge in [0.2, 0.25) is 0 Å². The zero-order valence-electron chi connectivity index (χ0n) is 11.3. The predicted molar refractivity (Wildman–Crippen MR) is 80.4 cm³/mol. The van der Waals surface area contributed by atoms with Gasteiger partial charge in [-0.2, -0.15) is 8.42 Å². The SMILES string of the molecule is CCOS(=O)(=O)c1ccc(C)c(-c2ccc(Cl)cc2)c1. The van der Waals surface area contributed by atoms with Crippen LogP contribution in [0.5, 0.6) is 0 Å². The van der Waals surface area contributed by atoms with E-state index < -0.39 is 10.1 Å². The molecule has 0 aromatic heterocycles. The van der Waals surface area contributed by atoms with Gasteiger partial charge in [0.15, 0.2) is 0 Å². The van der Waals surface area contributed by atoms with Crippen molar-refractivity contribution >= 4 is 21.7 Å². The van der Waals surface area contributed by atoms with Gasteiger partial charge in [0, 0.05) is 5.02 Å². The molecule has 0 N–H and O–H groups in total. The lowest BCUT2D eigenvalue weighted by Crippen LogP contribution is -2.06. The number of hydrogen-bond acceptors (Lipinski definition) is 3. The molecule has 106 valence electrons. The second-order valence-corrected chi connectivity index (χ2v) is 6.40. The summed E-state index contributed by atoms with van der Waals surface area (Å²) in [4.78, 5) is 0.162. The Hall–Kier alpha value is -1.36. The molecule has 0 amide bonds. The van der Waals surface area contributed by atoms with Crippen molar-refractivity contribution in [2.45, 2.75) is 18.7 Å². The Morgan fingerprint density at radius 3 is 2.35 bits per heavy atom. The van der Waals surface area contributed by atoms with Crippen LogP contribution in [0.2, 0.25) is 5.02 Å². The van der Waals surface area contributed by atoms with E-state index in [-0.39, 0.29) is 11.5 Å². The maximum Gasteiger partial charge on any atom is 0.296 e. The lowest BCUT2D eigenvalue weighted by molar-refractivity contribution is 0.338. The first-order valence-corrected chi connectivity index (χ1v) is 7.98. The van der Waals surface area contributed by atoms with Crippen LogP contribution in [0, 0.1) is 6.92 Å². The normalized spacial score (nSPS) is 11.6. The lowest BCUT2D eigenvalue weighted by atomic mass is 10.0. The first-order valence-electron chi connectivity index (χ1n) is 6.20. The molecule has 0 fully saturated rings. The minimum Gasteiger partial charge on any atom is -0.267 e. The maximum absolute atomic E-state index is 11.9. The Kier molecular flexibility index (Phi) is 4.48. The van der Waals surface area contributed by atoms with Gasteiger partial charge in [-0.15, -0.1) is 0 Å². The molecular weight excluding hydrogens is 296 g/mol. The van der Waals surface area contributed by atoms with E-state index in [2.05, 4.69) is 0 Å². The molecule has 0 aliphatic rings. The molecular formula is C15H15ClO3S. The smallest absolute Gasteiger partial charge is 0.267 e. The number of aryl methyl sites for hydroxylation is 1. The van der Waals surface area contributed by atoms with Gasteiger partial charge in [-0.05, 0) is 54.8 Å². The van der Waals surface area contributed by atoms with Gasteiger partial charge in [-0.25, -0.2) is 0 Å². The zero-order valence-corrected chi connectivity index (χ0v) is 12.8. The highest BCUT2D eigenvalue weighted by Crippen LogP contribution is 2.28. The number of rotatable bonds is 4. The molecule has 3 nitrogen and oxygen atoms in total. The fraction of sp³-hybridized carbons (Fsp3) is 0.200. The van der Waals surface area contributed by atoms with E-state index in [0.717, 1.165) is 16.7 Å². The minimum atomic E-state index is -3.69. The summed E-state index contributed by atoms with van der Waals surface area (Å²) < 4.78 is 28.7. The van der Waals surface area contributed by atoms with Gasteiger partial charge >= 0.3 is 0 Å². The van der Waals surface area contributed by atoms with Crippen molar-refractivity contribution in [1.82, 2.24) is 0 Å². The van der Waals surface area contributed by atoms with E-state index in [1.807, 2.05) is 19.1 Å². The van der Waals surface area contributed by atoms with Crippen molar-refractivity contribution < 1.29 is 12.6 Å². The van der Waals surface area contributed by atoms with Crippen molar-refractivity contribution in [3.8, 4) is 11.1 Å². The van der Waals surface area contributed by atoms with Crippen LogP contribution in [-0.4, -0.2) is 15.0 Å². The quantitative estimate of drug-likeness (QED) is 0.800. The molecule has 0 bridgehead atoms. The van der Waals surface area contributed by atoms with E-state index in [9.17, 15) is 8.42 Å². The minimum absolute atomic E-state index is 0.118. The topological polar surface area (TPSA) is 43.4 Å². The van der Waals surface area contributed by atoms with Crippen LogP contribution in [0.25, 0.3) is 11.1 Å². The zero-order chi connectivity index (χ0) is 14.8. The fourth-order valence-electron chi connectivity index (χ4n) is 1.92. The Bertz CT molecular complexity index is 706. The molecule has 0 aliphatic carbocycles. The van der Waals surface area contributed by atoms with Crippen molar-refractivity contribution in [3.63, 3.8) is 0 Å². The third-order valence-corrected chi connectivity index (χ3v) is 4.56. The lowest BCUT2D eigenvalue weighted by Gasteiger charge is -2.10. The summed E-state index contributed by atoms with van der Waals surface area (Å²) in [6, 6.07) is 12.2. The second-order valence-electron chi connectivity index (χ2n) is 4.34. The Morgan fingerprint density at radius 1 is 1.10 bits per heavy atom. The van der Waals surface area contributed by atoms with Crippen molar-refractivity contribution in [3.05, 3.63) is 53.1 Å². The predicted octanol–water partition coefficient (Wildman–Crippen LogP) is 4.04. The van der Waals surface area contributed by atoms with Gasteiger partial charge < -0.3 is 0 Å². The van der Waals surface area contributed by atoms with Gasteiger partial charge in [0.25, 0.3) is 10.1 Å². The largest absolute Gasteiger partial charge is 0.296 e. The van der Waals surface area contributed by atoms with Gasteiger partial charge in [-0.1, -0.05) is 29.8 Å². The Labute approximate surface area is 124 Å². The van der Waals surface area contributed by atoms with Crippen LogP contribution in [-0.2, 0) is 14.3 Å². The molecule has 0 saturated heterocycles. The molecule has 20 heavy (non-hydrogen) atoms. The fourth-order valence-corrected chi connectivity index (χ4v) is 2.99. The first-order chi connectivity index (χ1) is 9.44. The maximum atomic E-state index is 11.9. The molecule has 2 rings (SSSR count). The van der Waals surface area contributed by atoms with Gasteiger partial charge in [-0.3, -0.25) is 4.18 Å². The monoisotopic (exact) mass is 310 g/mol. The van der Waals surface area contributed by atoms with Crippen LogP contribution in [0.15, 0.2) is 47.4 Å². The molecule has 0 saturated carbocycles. The number of benzene rings is 2. The van der Waals surface area contributed by atoms with Crippen molar-refractivity contribution in [1.29, 1.82) is 0 Å². The molecule has 0 radical (unpaired) electrons. The molecule has 0 aliphatic heterocycles. The van der Waals surface area contributed by atoms with Gasteiger partial charge in [0.05, 0.1) is 11.5 Å². The van der Waals surface area contributed by atoms with Crippen LogP contribution in [0.4, 0.5) is 0 Å². The van der Waals surface area contributed by atoms with Crippen LogP contribution in [0.3, 0.4) is 0 Å². The highest BCUT2D eigenvalue weighted by molar-refractivity contribution is 7.86.